The molecule has 1 unspecified atom stereocenters. The number of hydrogen-bond acceptors (Lipinski definition) is 3. The summed E-state index contributed by atoms with van der Waals surface area (Å²) in [5.74, 6) is 12.7. The van der Waals surface area contributed by atoms with Crippen LogP contribution in [-0.2, 0) is 6.42 Å². The molecule has 27 heavy (non-hydrogen) atoms. The number of benzene rings is 1. The lowest BCUT2D eigenvalue weighted by Crippen LogP contribution is -2.58. The van der Waals surface area contributed by atoms with Gasteiger partial charge in [0.2, 0.25) is 0 Å². The Bertz CT molecular complexity index is 937. The number of piperidine rings is 3. The van der Waals surface area contributed by atoms with Gasteiger partial charge in [-0.2, -0.15) is 0 Å². The zero-order chi connectivity index (χ0) is 18.7. The molecule has 1 aromatic heterocycles. The van der Waals surface area contributed by atoms with E-state index >= 15 is 0 Å². The van der Waals surface area contributed by atoms with E-state index < -0.39 is 5.60 Å². The van der Waals surface area contributed by atoms with Gasteiger partial charge in [-0.15, -0.1) is 0 Å². The normalized spacial score (nSPS) is 25.9. The molecule has 1 atom stereocenters. The molecule has 1 N–H and O–H groups in total. The van der Waals surface area contributed by atoms with Crippen molar-refractivity contribution < 1.29 is 5.11 Å². The van der Waals surface area contributed by atoms with Crippen LogP contribution in [0.3, 0.4) is 0 Å². The zero-order valence-corrected chi connectivity index (χ0v) is 15.7. The highest BCUT2D eigenvalue weighted by Gasteiger charge is 2.44. The number of pyridine rings is 1. The number of hydrogen-bond donors (Lipinski definition) is 1. The SMILES string of the molecule is CC#Cc1ccc(C#CC2(O)CN3CCC2CC3)c(Cc2ccccc2)n1. The second-order valence-corrected chi connectivity index (χ2v) is 7.45. The standard InChI is InChI=1S/C24H24N2O/c1-2-6-22-10-9-20(23(25-22)17-19-7-4-3-5-8-19)11-14-24(27)18-26-15-12-21(24)13-16-26/h3-5,7-10,21,27H,12-13,15-18H2,1H3. The van der Waals surface area contributed by atoms with E-state index in [2.05, 4.69) is 40.7 Å². The van der Waals surface area contributed by atoms with Gasteiger partial charge in [-0.25, -0.2) is 4.98 Å². The molecule has 5 rings (SSSR count). The van der Waals surface area contributed by atoms with E-state index in [4.69, 9.17) is 4.98 Å². The molecule has 3 aliphatic rings. The van der Waals surface area contributed by atoms with E-state index in [0.717, 1.165) is 42.9 Å². The molecular formula is C24H24N2O. The van der Waals surface area contributed by atoms with Crippen molar-refractivity contribution in [3.63, 3.8) is 0 Å². The summed E-state index contributed by atoms with van der Waals surface area (Å²) in [7, 11) is 0. The van der Waals surface area contributed by atoms with E-state index in [1.807, 2.05) is 37.3 Å². The Labute approximate surface area is 161 Å². The highest BCUT2D eigenvalue weighted by atomic mass is 16.3. The summed E-state index contributed by atoms with van der Waals surface area (Å²) in [6, 6.07) is 14.2. The lowest BCUT2D eigenvalue weighted by Gasteiger charge is -2.47. The number of aromatic nitrogens is 1. The highest BCUT2D eigenvalue weighted by Crippen LogP contribution is 2.35. The maximum absolute atomic E-state index is 11.1. The molecule has 0 saturated carbocycles. The highest BCUT2D eigenvalue weighted by molar-refractivity contribution is 5.45. The number of nitrogens with zero attached hydrogens (tertiary/aromatic N) is 2. The summed E-state index contributed by atoms with van der Waals surface area (Å²) in [4.78, 5) is 7.04. The van der Waals surface area contributed by atoms with Gasteiger partial charge in [-0.3, -0.25) is 4.90 Å². The van der Waals surface area contributed by atoms with Crippen molar-refractivity contribution in [3.05, 3.63) is 65.0 Å². The van der Waals surface area contributed by atoms with Crippen LogP contribution in [0, 0.1) is 29.6 Å². The van der Waals surface area contributed by atoms with E-state index in [9.17, 15) is 5.11 Å². The number of rotatable bonds is 2. The maximum Gasteiger partial charge on any atom is 0.141 e. The van der Waals surface area contributed by atoms with Gasteiger partial charge in [0.15, 0.2) is 0 Å². The van der Waals surface area contributed by atoms with Gasteiger partial charge in [-0.05, 0) is 56.5 Å². The molecule has 0 amide bonds. The fourth-order valence-corrected chi connectivity index (χ4v) is 4.09. The Morgan fingerprint density at radius 2 is 1.89 bits per heavy atom. The first-order valence-electron chi connectivity index (χ1n) is 9.61. The van der Waals surface area contributed by atoms with Crippen LogP contribution in [0.1, 0.15) is 42.3 Å². The average Bonchev–Trinajstić information content (AvgIpc) is 2.69. The minimum atomic E-state index is -0.900. The first-order valence-corrected chi connectivity index (χ1v) is 9.61. The first kappa shape index (κ1) is 17.8. The summed E-state index contributed by atoms with van der Waals surface area (Å²) >= 11 is 0. The predicted octanol–water partition coefficient (Wildman–Crippen LogP) is 2.85. The van der Waals surface area contributed by atoms with Crippen LogP contribution in [0.2, 0.25) is 0 Å². The largest absolute Gasteiger partial charge is 0.376 e. The third-order valence-corrected chi connectivity index (χ3v) is 5.58. The Morgan fingerprint density at radius 3 is 2.56 bits per heavy atom. The van der Waals surface area contributed by atoms with Crippen molar-refractivity contribution in [1.29, 1.82) is 0 Å². The fourth-order valence-electron chi connectivity index (χ4n) is 4.09. The molecule has 2 bridgehead atoms. The molecule has 0 spiro atoms. The molecule has 2 aromatic rings. The van der Waals surface area contributed by atoms with E-state index in [1.54, 1.807) is 0 Å². The Kier molecular flexibility index (Phi) is 4.99. The van der Waals surface area contributed by atoms with Crippen LogP contribution in [0.5, 0.6) is 0 Å². The van der Waals surface area contributed by atoms with Crippen molar-refractivity contribution in [2.45, 2.75) is 31.8 Å². The molecule has 4 heterocycles. The molecule has 0 aliphatic carbocycles. The topological polar surface area (TPSA) is 36.4 Å². The van der Waals surface area contributed by atoms with Crippen molar-refractivity contribution >= 4 is 0 Å². The van der Waals surface area contributed by atoms with E-state index in [-0.39, 0.29) is 5.92 Å². The molecule has 1 aromatic carbocycles. The van der Waals surface area contributed by atoms with E-state index in [0.29, 0.717) is 13.0 Å². The number of aliphatic hydroxyl groups is 1. The van der Waals surface area contributed by atoms with Crippen LogP contribution in [-0.4, -0.2) is 40.2 Å². The molecule has 3 fully saturated rings. The summed E-state index contributed by atoms with van der Waals surface area (Å²) < 4.78 is 0. The van der Waals surface area contributed by atoms with Gasteiger partial charge in [0, 0.05) is 24.4 Å². The van der Waals surface area contributed by atoms with Crippen molar-refractivity contribution in [2.24, 2.45) is 5.92 Å². The minimum Gasteiger partial charge on any atom is -0.376 e. The molecule has 3 aliphatic heterocycles. The number of fused-ring (bicyclic) bond motifs is 3. The van der Waals surface area contributed by atoms with Crippen LogP contribution < -0.4 is 0 Å². The molecule has 3 saturated heterocycles. The first-order chi connectivity index (χ1) is 13.2. The van der Waals surface area contributed by atoms with Crippen LogP contribution in [0.25, 0.3) is 0 Å². The van der Waals surface area contributed by atoms with Gasteiger partial charge in [0.05, 0.1) is 5.69 Å². The minimum absolute atomic E-state index is 0.283. The van der Waals surface area contributed by atoms with E-state index in [1.165, 1.54) is 5.56 Å². The fraction of sp³-hybridized carbons (Fsp3) is 0.375. The van der Waals surface area contributed by atoms with Crippen LogP contribution in [0.4, 0.5) is 0 Å². The summed E-state index contributed by atoms with van der Waals surface area (Å²) in [5.41, 5.74) is 2.85. The molecule has 3 heteroatoms. The average molecular weight is 356 g/mol. The summed E-state index contributed by atoms with van der Waals surface area (Å²) in [6.45, 7) is 4.64. The third-order valence-electron chi connectivity index (χ3n) is 5.58. The summed E-state index contributed by atoms with van der Waals surface area (Å²) in [5, 5.41) is 11.1. The van der Waals surface area contributed by atoms with Crippen molar-refractivity contribution in [2.75, 3.05) is 19.6 Å². The van der Waals surface area contributed by atoms with Crippen molar-refractivity contribution in [3.8, 4) is 23.7 Å². The van der Waals surface area contributed by atoms with Gasteiger partial charge in [0.25, 0.3) is 0 Å². The molecule has 3 nitrogen and oxygen atoms in total. The molecule has 0 radical (unpaired) electrons. The molecule has 136 valence electrons. The Hall–Kier alpha value is -2.59. The Balaban J connectivity index is 1.67. The predicted molar refractivity (Wildman–Crippen MR) is 107 cm³/mol. The zero-order valence-electron chi connectivity index (χ0n) is 15.7. The van der Waals surface area contributed by atoms with Crippen LogP contribution >= 0.6 is 0 Å². The van der Waals surface area contributed by atoms with Gasteiger partial charge in [-0.1, -0.05) is 48.1 Å². The molecular weight excluding hydrogens is 332 g/mol. The Morgan fingerprint density at radius 1 is 1.11 bits per heavy atom. The van der Waals surface area contributed by atoms with Gasteiger partial charge >= 0.3 is 0 Å². The lowest BCUT2D eigenvalue weighted by atomic mass is 9.75. The third kappa shape index (κ3) is 3.91. The van der Waals surface area contributed by atoms with Gasteiger partial charge in [0.1, 0.15) is 11.3 Å². The second kappa shape index (κ2) is 7.57. The summed E-state index contributed by atoms with van der Waals surface area (Å²) in [6.07, 6.45) is 2.77. The lowest BCUT2D eigenvalue weighted by molar-refractivity contribution is -0.0713. The van der Waals surface area contributed by atoms with Gasteiger partial charge < -0.3 is 5.11 Å². The second-order valence-electron chi connectivity index (χ2n) is 7.45. The van der Waals surface area contributed by atoms with Crippen molar-refractivity contribution in [1.82, 2.24) is 9.88 Å². The monoisotopic (exact) mass is 356 g/mol. The smallest absolute Gasteiger partial charge is 0.141 e. The van der Waals surface area contributed by atoms with Crippen LogP contribution in [0.15, 0.2) is 42.5 Å². The maximum atomic E-state index is 11.1. The quantitative estimate of drug-likeness (QED) is 0.841.